The van der Waals surface area contributed by atoms with E-state index in [9.17, 15) is 10.1 Å². The molecule has 0 radical (unpaired) electrons. The monoisotopic (exact) mass is 493 g/mol. The molecule has 0 bridgehead atoms. The van der Waals surface area contributed by atoms with Gasteiger partial charge in [-0.3, -0.25) is 4.79 Å². The zero-order valence-electron chi connectivity index (χ0n) is 22.2. The maximum atomic E-state index is 12.8. The van der Waals surface area contributed by atoms with Crippen molar-refractivity contribution in [3.8, 4) is 17.5 Å². The van der Waals surface area contributed by atoms with Crippen LogP contribution in [0.5, 0.6) is 0 Å². The highest BCUT2D eigenvalue weighted by atomic mass is 16.5. The molecule has 0 spiro atoms. The highest BCUT2D eigenvalue weighted by molar-refractivity contribution is 6.02. The van der Waals surface area contributed by atoms with E-state index in [2.05, 4.69) is 67.8 Å². The first-order valence-corrected chi connectivity index (χ1v) is 13.3. The van der Waals surface area contributed by atoms with Gasteiger partial charge < -0.3 is 9.30 Å². The topological polar surface area (TPSA) is 67.9 Å². The molecule has 37 heavy (non-hydrogen) atoms. The van der Waals surface area contributed by atoms with E-state index < -0.39 is 5.41 Å². The first kappa shape index (κ1) is 25.2. The van der Waals surface area contributed by atoms with Crippen molar-refractivity contribution in [3.05, 3.63) is 88.8 Å². The van der Waals surface area contributed by atoms with Crippen molar-refractivity contribution in [2.45, 2.75) is 65.0 Å². The third-order valence-corrected chi connectivity index (χ3v) is 8.30. The molecule has 190 valence electrons. The van der Waals surface area contributed by atoms with Crippen LogP contribution < -0.4 is 0 Å². The summed E-state index contributed by atoms with van der Waals surface area (Å²) in [7, 11) is 0. The first-order valence-electron chi connectivity index (χ1n) is 13.3. The van der Waals surface area contributed by atoms with Gasteiger partial charge >= 0.3 is 0 Å². The van der Waals surface area contributed by atoms with E-state index in [-0.39, 0.29) is 23.2 Å². The maximum absolute atomic E-state index is 12.8. The van der Waals surface area contributed by atoms with Crippen LogP contribution in [0.15, 0.2) is 66.2 Å². The van der Waals surface area contributed by atoms with E-state index >= 15 is 0 Å². The number of hydrogen-bond acceptors (Lipinski definition) is 4. The summed E-state index contributed by atoms with van der Waals surface area (Å²) in [5.74, 6) is 1.31. The third kappa shape index (κ3) is 4.55. The largest absolute Gasteiger partial charge is 0.375 e. The molecule has 5 rings (SSSR count). The van der Waals surface area contributed by atoms with E-state index in [0.717, 1.165) is 35.5 Å². The van der Waals surface area contributed by atoms with Crippen molar-refractivity contribution in [2.75, 3.05) is 6.61 Å². The number of fused-ring (bicyclic) bond motifs is 3. The fourth-order valence-corrected chi connectivity index (χ4v) is 6.17. The van der Waals surface area contributed by atoms with Gasteiger partial charge in [-0.15, -0.1) is 0 Å². The smallest absolute Gasteiger partial charge is 0.176 e. The number of ketones is 1. The number of carbonyl (C=O) groups is 1. The van der Waals surface area contributed by atoms with Crippen LogP contribution in [0.3, 0.4) is 0 Å². The Morgan fingerprint density at radius 1 is 1.16 bits per heavy atom. The zero-order chi connectivity index (χ0) is 26.2. The third-order valence-electron chi connectivity index (χ3n) is 8.30. The fourth-order valence-electron chi connectivity index (χ4n) is 6.17. The quantitative estimate of drug-likeness (QED) is 0.358. The van der Waals surface area contributed by atoms with Gasteiger partial charge in [0.05, 0.1) is 24.5 Å². The standard InChI is InChI=1S/C32H35N3O2/c1-21(2)24-10-12-25(13-11-24)31-34-30-28(35(31)16-17-37-20-23-8-6-5-7-9-23)15-14-27-22(3)29(36)26(19-33)18-32(27,30)4/h5-13,18,21-22,27H,14-17,20H2,1-4H3/t22-,27-,32-/m1/s1. The van der Waals surface area contributed by atoms with E-state index in [4.69, 9.17) is 9.72 Å². The average Bonchev–Trinajstić information content (AvgIpc) is 3.29. The summed E-state index contributed by atoms with van der Waals surface area (Å²) in [6.07, 6.45) is 3.65. The molecule has 0 saturated carbocycles. The molecule has 2 aliphatic carbocycles. The zero-order valence-corrected chi connectivity index (χ0v) is 22.2. The fraction of sp³-hybridized carbons (Fsp3) is 0.406. The minimum absolute atomic E-state index is 0.0355. The molecule has 1 heterocycles. The van der Waals surface area contributed by atoms with E-state index in [0.29, 0.717) is 25.7 Å². The number of ether oxygens (including phenoxy) is 1. The van der Waals surface area contributed by atoms with Crippen molar-refractivity contribution in [2.24, 2.45) is 11.8 Å². The molecule has 1 aromatic heterocycles. The van der Waals surface area contributed by atoms with Gasteiger partial charge in [0, 0.05) is 29.1 Å². The molecular weight excluding hydrogens is 458 g/mol. The van der Waals surface area contributed by atoms with Crippen molar-refractivity contribution in [3.63, 3.8) is 0 Å². The van der Waals surface area contributed by atoms with Crippen molar-refractivity contribution in [1.29, 1.82) is 5.26 Å². The molecular formula is C32H35N3O2. The lowest BCUT2D eigenvalue weighted by atomic mass is 9.58. The molecule has 5 nitrogen and oxygen atoms in total. The van der Waals surface area contributed by atoms with E-state index in [1.807, 2.05) is 31.2 Å². The Kier molecular flexibility index (Phi) is 6.88. The Balaban J connectivity index is 1.53. The summed E-state index contributed by atoms with van der Waals surface area (Å²) < 4.78 is 8.39. The molecule has 0 saturated heterocycles. The number of benzene rings is 2. The van der Waals surface area contributed by atoms with Gasteiger partial charge in [-0.1, -0.05) is 88.4 Å². The molecule has 2 aromatic carbocycles. The number of Topliss-reactive ketones (excluding diaryl/α,β-unsaturated/α-hetero) is 1. The second-order valence-electron chi connectivity index (χ2n) is 10.9. The van der Waals surface area contributed by atoms with Gasteiger partial charge in [0.15, 0.2) is 5.78 Å². The molecule has 5 heteroatoms. The summed E-state index contributed by atoms with van der Waals surface area (Å²) >= 11 is 0. The summed E-state index contributed by atoms with van der Waals surface area (Å²) in [6, 6.07) is 21.1. The summed E-state index contributed by atoms with van der Waals surface area (Å²) in [6.45, 7) is 10.4. The summed E-state index contributed by atoms with van der Waals surface area (Å²) in [5, 5.41) is 9.70. The van der Waals surface area contributed by atoms with Crippen molar-refractivity contribution < 1.29 is 9.53 Å². The van der Waals surface area contributed by atoms with E-state index in [1.165, 1.54) is 11.3 Å². The Bertz CT molecular complexity index is 1360. The van der Waals surface area contributed by atoms with Crippen LogP contribution in [0.4, 0.5) is 0 Å². The normalized spacial score (nSPS) is 22.8. The van der Waals surface area contributed by atoms with Crippen LogP contribution in [0, 0.1) is 23.2 Å². The lowest BCUT2D eigenvalue weighted by Crippen LogP contribution is -2.45. The number of aromatic nitrogens is 2. The van der Waals surface area contributed by atoms with Crippen LogP contribution in [-0.4, -0.2) is 21.9 Å². The molecule has 3 aromatic rings. The lowest BCUT2D eigenvalue weighted by Gasteiger charge is -2.44. The number of nitriles is 1. The van der Waals surface area contributed by atoms with Gasteiger partial charge in [-0.05, 0) is 35.8 Å². The van der Waals surface area contributed by atoms with Crippen LogP contribution in [-0.2, 0) is 34.5 Å². The predicted octanol–water partition coefficient (Wildman–Crippen LogP) is 6.38. The Morgan fingerprint density at radius 3 is 2.57 bits per heavy atom. The van der Waals surface area contributed by atoms with Gasteiger partial charge in [-0.2, -0.15) is 5.26 Å². The van der Waals surface area contributed by atoms with Crippen LogP contribution in [0.1, 0.15) is 62.5 Å². The number of nitrogens with zero attached hydrogens (tertiary/aromatic N) is 3. The molecule has 0 fully saturated rings. The molecule has 3 atom stereocenters. The number of hydrogen-bond donors (Lipinski definition) is 0. The maximum Gasteiger partial charge on any atom is 0.176 e. The SMILES string of the molecule is CC(C)c1ccc(-c2nc3c(n2CCOCc2ccccc2)CC[C@@H]2[C@@H](C)C(=O)C(C#N)=C[C@@]32C)cc1. The molecule has 0 unspecified atom stereocenters. The average molecular weight is 494 g/mol. The molecule has 0 aliphatic heterocycles. The number of allylic oxidation sites excluding steroid dienone is 2. The Labute approximate surface area is 219 Å². The molecule has 0 N–H and O–H groups in total. The van der Waals surface area contributed by atoms with Gasteiger partial charge in [0.2, 0.25) is 0 Å². The first-order chi connectivity index (χ1) is 17.8. The Morgan fingerprint density at radius 2 is 1.89 bits per heavy atom. The second kappa shape index (κ2) is 10.1. The van der Waals surface area contributed by atoms with Crippen molar-refractivity contribution >= 4 is 5.78 Å². The van der Waals surface area contributed by atoms with E-state index in [1.54, 1.807) is 0 Å². The van der Waals surface area contributed by atoms with Gasteiger partial charge in [-0.25, -0.2) is 4.98 Å². The highest BCUT2D eigenvalue weighted by Gasteiger charge is 2.50. The van der Waals surface area contributed by atoms with Gasteiger partial charge in [0.1, 0.15) is 11.9 Å². The predicted molar refractivity (Wildman–Crippen MR) is 145 cm³/mol. The van der Waals surface area contributed by atoms with Crippen LogP contribution in [0.2, 0.25) is 0 Å². The molecule has 0 amide bonds. The minimum Gasteiger partial charge on any atom is -0.375 e. The number of carbonyl (C=O) groups excluding carboxylic acids is 1. The second-order valence-corrected chi connectivity index (χ2v) is 10.9. The number of imidazole rings is 1. The summed E-state index contributed by atoms with van der Waals surface area (Å²) in [4.78, 5) is 18.1. The number of rotatable bonds is 7. The van der Waals surface area contributed by atoms with Crippen molar-refractivity contribution in [1.82, 2.24) is 9.55 Å². The lowest BCUT2D eigenvalue weighted by molar-refractivity contribution is -0.121. The Hall–Kier alpha value is -3.49. The van der Waals surface area contributed by atoms with Crippen LogP contribution >= 0.6 is 0 Å². The molecule has 2 aliphatic rings. The summed E-state index contributed by atoms with van der Waals surface area (Å²) in [5.41, 5.74) is 5.54. The van der Waals surface area contributed by atoms with Gasteiger partial charge in [0.25, 0.3) is 0 Å². The highest BCUT2D eigenvalue weighted by Crippen LogP contribution is 2.50. The van der Waals surface area contributed by atoms with Crippen LogP contribution in [0.25, 0.3) is 11.4 Å². The minimum atomic E-state index is -0.450.